The Morgan fingerprint density at radius 2 is 0.957 bits per heavy atom. The standard InChI is InChI=1S/C60H89N13O20/c1-31(76)49(55(87)66-42(21-32-10-14-34(77)15-11-32)51(83)65-41(60(92)93)8-3-5-19-62)69-54(86)46-23-36(79)26-71(46)58(90)48-25-38(81)28-73(48)59(91)47-24-37(80)27-72(47)57(89)43(22-33-12-16-35(78)17-13-33)67-52(84)44(30-75)68-53(85)45-9-6-20-70(45)56(88)40(7-2-4-18-61)64-50(82)39(63)29-74/h10-17,31,36-49,74-81H,2-9,18-30,61-63H2,1H3,(H,64,82)(H,65,83)(H,66,87)(H,67,84)(H,68,85)(H,69,86)(H,92,93)/t31-,36-,37-,38-,39+,40+,41+,42+,43+,44+,45+,46+,47+,48+,49+/m1/s1. The van der Waals surface area contributed by atoms with Gasteiger partial charge in [0.05, 0.1) is 37.6 Å². The van der Waals surface area contributed by atoms with Crippen molar-refractivity contribution in [3.05, 3.63) is 59.7 Å². The molecule has 4 saturated heterocycles. The van der Waals surface area contributed by atoms with Crippen LogP contribution < -0.4 is 49.1 Å². The first-order valence-electron chi connectivity index (χ1n) is 31.1. The maximum atomic E-state index is 14.9. The van der Waals surface area contributed by atoms with E-state index >= 15 is 0 Å². The van der Waals surface area contributed by atoms with Crippen molar-refractivity contribution in [3.63, 3.8) is 0 Å². The second kappa shape index (κ2) is 34.7. The van der Waals surface area contributed by atoms with Gasteiger partial charge in [0.2, 0.25) is 59.1 Å². The van der Waals surface area contributed by atoms with Gasteiger partial charge in [-0.2, -0.15) is 0 Å². The summed E-state index contributed by atoms with van der Waals surface area (Å²) in [7, 11) is 0. The Kier molecular flexibility index (Phi) is 27.5. The van der Waals surface area contributed by atoms with Crippen LogP contribution in [0.3, 0.4) is 0 Å². The van der Waals surface area contributed by atoms with Gasteiger partial charge in [0.25, 0.3) is 0 Å². The number of aliphatic hydroxyl groups is 6. The summed E-state index contributed by atoms with van der Waals surface area (Å²) in [4.78, 5) is 158. The van der Waals surface area contributed by atoms with Crippen LogP contribution in [0.4, 0.5) is 0 Å². The first kappa shape index (κ1) is 73.9. The van der Waals surface area contributed by atoms with Crippen molar-refractivity contribution < 1.29 is 98.7 Å². The molecular weight excluding hydrogens is 1220 g/mol. The molecule has 21 N–H and O–H groups in total. The van der Waals surface area contributed by atoms with Crippen molar-refractivity contribution >= 4 is 65.0 Å². The molecule has 2 aromatic rings. The summed E-state index contributed by atoms with van der Waals surface area (Å²) in [5.41, 5.74) is 17.7. The number of rotatable bonds is 32. The van der Waals surface area contributed by atoms with Gasteiger partial charge in [-0.1, -0.05) is 24.3 Å². The molecule has 0 bridgehead atoms. The van der Waals surface area contributed by atoms with Crippen molar-refractivity contribution in [2.45, 2.75) is 181 Å². The molecule has 10 amide bonds. The minimum Gasteiger partial charge on any atom is -0.508 e. The number of likely N-dealkylation sites (tertiary alicyclic amines) is 4. The summed E-state index contributed by atoms with van der Waals surface area (Å²) in [5, 5.41) is 109. The number of hydrogen-bond acceptors (Lipinski definition) is 22. The van der Waals surface area contributed by atoms with E-state index in [1.165, 1.54) is 53.4 Å². The molecule has 0 aliphatic carbocycles. The third kappa shape index (κ3) is 19.9. The quantitative estimate of drug-likeness (QED) is 0.0303. The highest BCUT2D eigenvalue weighted by molar-refractivity contribution is 6.00. The molecule has 4 aliphatic rings. The molecule has 0 saturated carbocycles. The number of carboxylic acids is 1. The van der Waals surface area contributed by atoms with Crippen molar-refractivity contribution in [2.75, 3.05) is 52.5 Å². The normalized spacial score (nSPS) is 22.9. The fourth-order valence-electron chi connectivity index (χ4n) is 11.9. The van der Waals surface area contributed by atoms with Crippen LogP contribution in [0.1, 0.15) is 88.7 Å². The molecule has 4 fully saturated rings. The minimum atomic E-state index is -1.85. The third-order valence-electron chi connectivity index (χ3n) is 16.9. The number of amides is 10. The highest BCUT2D eigenvalue weighted by Gasteiger charge is 2.51. The number of nitrogens with one attached hydrogen (secondary N) is 6. The van der Waals surface area contributed by atoms with Gasteiger partial charge < -0.3 is 115 Å². The van der Waals surface area contributed by atoms with Gasteiger partial charge in [0, 0.05) is 58.3 Å². The number of hydrogen-bond donors (Lipinski definition) is 18. The molecule has 514 valence electrons. The zero-order valence-corrected chi connectivity index (χ0v) is 51.7. The van der Waals surface area contributed by atoms with Crippen LogP contribution in [0, 0.1) is 0 Å². The molecule has 0 spiro atoms. The van der Waals surface area contributed by atoms with Crippen molar-refractivity contribution in [2.24, 2.45) is 17.2 Å². The third-order valence-corrected chi connectivity index (χ3v) is 16.9. The summed E-state index contributed by atoms with van der Waals surface area (Å²) in [6.45, 7) is -1.49. The number of carbonyl (C=O) groups is 11. The highest BCUT2D eigenvalue weighted by atomic mass is 16.4. The number of aliphatic carboxylic acids is 1. The second-order valence-electron chi connectivity index (χ2n) is 24.0. The highest BCUT2D eigenvalue weighted by Crippen LogP contribution is 2.31. The Hall–Kier alpha value is -8.15. The SMILES string of the molecule is C[C@@H](O)[C@H](NC(=O)[C@@H]1C[C@@H](O)CN1C(=O)[C@@H]1C[C@@H](O)CN1C(=O)[C@@H]1C[C@@H](O)CN1C(=O)[C@H](Cc1ccc(O)cc1)NC(=O)[C@H](CO)NC(=O)[C@@H]1CCCN1C(=O)[C@H](CCCCN)NC(=O)[C@@H](N)CO)C(=O)N[C@@H](Cc1ccc(O)cc1)C(=O)N[C@@H](CCCCN)C(=O)O. The topological polar surface area (TPSA) is 533 Å². The Labute approximate surface area is 535 Å². The number of phenolic OH excluding ortho intramolecular Hbond substituents is 2. The van der Waals surface area contributed by atoms with E-state index in [-0.39, 0.29) is 63.2 Å². The number of nitrogens with zero attached hydrogens (tertiary/aromatic N) is 4. The number of benzene rings is 2. The minimum absolute atomic E-state index is 0.00627. The number of aromatic hydroxyl groups is 2. The second-order valence-corrected chi connectivity index (χ2v) is 24.0. The van der Waals surface area contributed by atoms with Gasteiger partial charge in [0.1, 0.15) is 78.0 Å². The van der Waals surface area contributed by atoms with Crippen LogP contribution in [-0.2, 0) is 65.6 Å². The van der Waals surface area contributed by atoms with E-state index in [4.69, 9.17) is 17.2 Å². The summed E-state index contributed by atoms with van der Waals surface area (Å²) in [5.74, 6) is -11.1. The monoisotopic (exact) mass is 1310 g/mol. The molecule has 0 aromatic heterocycles. The van der Waals surface area contributed by atoms with Gasteiger partial charge in [-0.05, 0) is 107 Å². The van der Waals surface area contributed by atoms with Crippen LogP contribution in [0.25, 0.3) is 0 Å². The first-order chi connectivity index (χ1) is 44.2. The Morgan fingerprint density at radius 1 is 0.516 bits per heavy atom. The number of β-amino-alcohol motifs (C(OH)–C–C–N with tert-alkyl or cyclic N) is 3. The number of carboxylic acid groups (broad SMARTS) is 1. The van der Waals surface area contributed by atoms with Gasteiger partial charge >= 0.3 is 5.97 Å². The number of carbonyl (C=O) groups excluding carboxylic acids is 10. The molecule has 2 aromatic carbocycles. The van der Waals surface area contributed by atoms with Gasteiger partial charge in [-0.15, -0.1) is 0 Å². The van der Waals surface area contributed by atoms with E-state index in [1.807, 2.05) is 0 Å². The molecule has 0 unspecified atom stereocenters. The summed E-state index contributed by atoms with van der Waals surface area (Å²) >= 11 is 0. The zero-order chi connectivity index (χ0) is 68.4. The van der Waals surface area contributed by atoms with Crippen LogP contribution in [-0.4, -0.2) is 274 Å². The predicted molar refractivity (Wildman–Crippen MR) is 326 cm³/mol. The maximum Gasteiger partial charge on any atom is 0.326 e. The van der Waals surface area contributed by atoms with E-state index in [1.54, 1.807) is 0 Å². The van der Waals surface area contributed by atoms with E-state index < -0.39 is 208 Å². The van der Waals surface area contributed by atoms with E-state index in [9.17, 15) is 98.7 Å². The molecule has 33 heteroatoms. The molecular formula is C60H89N13O20. The number of unbranched alkanes of at least 4 members (excludes halogenated alkanes) is 2. The lowest BCUT2D eigenvalue weighted by Crippen LogP contribution is -2.61. The lowest BCUT2D eigenvalue weighted by Gasteiger charge is -2.35. The van der Waals surface area contributed by atoms with E-state index in [2.05, 4.69) is 31.9 Å². The molecule has 6 rings (SSSR count). The largest absolute Gasteiger partial charge is 0.508 e. The lowest BCUT2D eigenvalue weighted by molar-refractivity contribution is -0.151. The Balaban J connectivity index is 1.18. The van der Waals surface area contributed by atoms with Gasteiger partial charge in [-0.3, -0.25) is 47.9 Å². The Morgan fingerprint density at radius 3 is 1.47 bits per heavy atom. The fourth-order valence-corrected chi connectivity index (χ4v) is 11.9. The summed E-state index contributed by atoms with van der Waals surface area (Å²) < 4.78 is 0. The molecule has 0 radical (unpaired) electrons. The molecule has 4 aliphatic heterocycles. The molecule has 93 heavy (non-hydrogen) atoms. The van der Waals surface area contributed by atoms with Gasteiger partial charge in [0.15, 0.2) is 0 Å². The number of phenols is 2. The predicted octanol–water partition coefficient (Wildman–Crippen LogP) is -7.30. The van der Waals surface area contributed by atoms with E-state index in [0.717, 1.165) is 21.6 Å². The van der Waals surface area contributed by atoms with Crippen molar-refractivity contribution in [1.82, 2.24) is 51.5 Å². The van der Waals surface area contributed by atoms with E-state index in [0.29, 0.717) is 43.2 Å². The average Bonchev–Trinajstić information content (AvgIpc) is 1.65. The number of aliphatic hydroxyl groups excluding tert-OH is 6. The van der Waals surface area contributed by atoms with Crippen LogP contribution in [0.15, 0.2) is 48.5 Å². The first-order valence-corrected chi connectivity index (χ1v) is 31.1. The van der Waals surface area contributed by atoms with Crippen LogP contribution in [0.2, 0.25) is 0 Å². The summed E-state index contributed by atoms with van der Waals surface area (Å²) in [6, 6.07) is -5.62. The van der Waals surface area contributed by atoms with Gasteiger partial charge in [-0.25, -0.2) is 4.79 Å². The summed E-state index contributed by atoms with van der Waals surface area (Å²) in [6.07, 6.45) is -5.41. The molecule has 15 atom stereocenters. The maximum absolute atomic E-state index is 14.9. The fraction of sp³-hybridized carbons (Fsp3) is 0.617. The van der Waals surface area contributed by atoms with Crippen molar-refractivity contribution in [1.29, 1.82) is 0 Å². The molecule has 33 nitrogen and oxygen atoms in total. The number of nitrogens with two attached hydrogens (primary N) is 3. The molecule has 4 heterocycles. The lowest BCUT2D eigenvalue weighted by atomic mass is 10.0. The Bertz CT molecular complexity index is 2950. The average molecular weight is 1310 g/mol. The van der Waals surface area contributed by atoms with Crippen molar-refractivity contribution in [3.8, 4) is 11.5 Å². The smallest absolute Gasteiger partial charge is 0.326 e. The van der Waals surface area contributed by atoms with Crippen LogP contribution in [0.5, 0.6) is 11.5 Å². The van der Waals surface area contributed by atoms with Crippen LogP contribution >= 0.6 is 0 Å². The zero-order valence-electron chi connectivity index (χ0n) is 51.7.